The van der Waals surface area contributed by atoms with E-state index in [1.807, 2.05) is 18.2 Å². The molecule has 0 amide bonds. The van der Waals surface area contributed by atoms with Gasteiger partial charge in [0.2, 0.25) is 0 Å². The molecule has 0 saturated carbocycles. The van der Waals surface area contributed by atoms with Crippen LogP contribution in [0.2, 0.25) is 0 Å². The van der Waals surface area contributed by atoms with E-state index in [0.29, 0.717) is 6.54 Å². The minimum absolute atomic E-state index is 0.226. The molecule has 0 heterocycles. The molecule has 21 heavy (non-hydrogen) atoms. The Balaban J connectivity index is 1.89. The zero-order valence-electron chi connectivity index (χ0n) is 11.8. The highest BCUT2D eigenvalue weighted by atomic mass is 19.1. The van der Waals surface area contributed by atoms with Crippen LogP contribution in [-0.4, -0.2) is 7.11 Å². The van der Waals surface area contributed by atoms with Crippen molar-refractivity contribution in [3.05, 3.63) is 72.0 Å². The van der Waals surface area contributed by atoms with Crippen LogP contribution in [0.4, 0.5) is 10.1 Å². The molecule has 2 nitrogen and oxygen atoms in total. The topological polar surface area (TPSA) is 21.3 Å². The lowest BCUT2D eigenvalue weighted by Gasteiger charge is -2.12. The van der Waals surface area contributed by atoms with Gasteiger partial charge in [0, 0.05) is 17.6 Å². The lowest BCUT2D eigenvalue weighted by Crippen LogP contribution is -2.00. The molecule has 3 rings (SSSR count). The standard InChI is InChI=1S/C18H16FNO/c1-21-18-11-6-13(16-4-2-3-5-17(16)18)12-20-15-9-7-14(19)8-10-15/h2-11,20H,12H2,1H3. The van der Waals surface area contributed by atoms with Gasteiger partial charge in [0.1, 0.15) is 11.6 Å². The van der Waals surface area contributed by atoms with Gasteiger partial charge < -0.3 is 10.1 Å². The minimum Gasteiger partial charge on any atom is -0.496 e. The highest BCUT2D eigenvalue weighted by Crippen LogP contribution is 2.28. The Morgan fingerprint density at radius 3 is 2.33 bits per heavy atom. The number of ether oxygens (including phenoxy) is 1. The van der Waals surface area contributed by atoms with E-state index in [1.165, 1.54) is 17.7 Å². The van der Waals surface area contributed by atoms with Crippen molar-refractivity contribution < 1.29 is 9.13 Å². The normalized spacial score (nSPS) is 10.6. The van der Waals surface area contributed by atoms with E-state index >= 15 is 0 Å². The van der Waals surface area contributed by atoms with Crippen molar-refractivity contribution in [2.45, 2.75) is 6.54 Å². The number of rotatable bonds is 4. The highest BCUT2D eigenvalue weighted by Gasteiger charge is 2.05. The summed E-state index contributed by atoms with van der Waals surface area (Å²) in [6, 6.07) is 18.6. The largest absolute Gasteiger partial charge is 0.496 e. The fraction of sp³-hybridized carbons (Fsp3) is 0.111. The van der Waals surface area contributed by atoms with Crippen LogP contribution in [0.1, 0.15) is 5.56 Å². The summed E-state index contributed by atoms with van der Waals surface area (Å²) in [5, 5.41) is 5.56. The zero-order chi connectivity index (χ0) is 14.7. The molecule has 3 aromatic rings. The number of halogens is 1. The van der Waals surface area contributed by atoms with Crippen LogP contribution in [0, 0.1) is 5.82 Å². The van der Waals surface area contributed by atoms with Gasteiger partial charge in [-0.3, -0.25) is 0 Å². The number of fused-ring (bicyclic) bond motifs is 1. The Hall–Kier alpha value is -2.55. The number of anilines is 1. The van der Waals surface area contributed by atoms with E-state index in [2.05, 4.69) is 23.5 Å². The van der Waals surface area contributed by atoms with Crippen LogP contribution < -0.4 is 10.1 Å². The molecule has 0 saturated heterocycles. The SMILES string of the molecule is COc1ccc(CNc2ccc(F)cc2)c2ccccc12. The zero-order valence-corrected chi connectivity index (χ0v) is 11.8. The van der Waals surface area contributed by atoms with Crippen molar-refractivity contribution in [3.63, 3.8) is 0 Å². The lowest BCUT2D eigenvalue weighted by atomic mass is 10.0. The quantitative estimate of drug-likeness (QED) is 0.754. The van der Waals surface area contributed by atoms with E-state index in [4.69, 9.17) is 4.74 Å². The third-order valence-electron chi connectivity index (χ3n) is 3.52. The van der Waals surface area contributed by atoms with Crippen LogP contribution in [0.25, 0.3) is 10.8 Å². The Morgan fingerprint density at radius 1 is 0.905 bits per heavy atom. The summed E-state index contributed by atoms with van der Waals surface area (Å²) in [4.78, 5) is 0. The fourth-order valence-electron chi connectivity index (χ4n) is 2.43. The first-order chi connectivity index (χ1) is 10.3. The molecule has 3 aromatic carbocycles. The van der Waals surface area contributed by atoms with E-state index < -0.39 is 0 Å². The molecule has 0 bridgehead atoms. The monoisotopic (exact) mass is 281 g/mol. The maximum Gasteiger partial charge on any atom is 0.126 e. The third kappa shape index (κ3) is 2.82. The molecule has 0 atom stereocenters. The van der Waals surface area contributed by atoms with Crippen LogP contribution in [-0.2, 0) is 6.54 Å². The second-order valence-corrected chi connectivity index (χ2v) is 4.83. The predicted molar refractivity (Wildman–Crippen MR) is 84.2 cm³/mol. The van der Waals surface area contributed by atoms with Crippen molar-refractivity contribution in [1.82, 2.24) is 0 Å². The molecule has 0 aromatic heterocycles. The first kappa shape index (κ1) is 13.4. The predicted octanol–water partition coefficient (Wildman–Crippen LogP) is 4.60. The number of nitrogens with one attached hydrogen (secondary N) is 1. The van der Waals surface area contributed by atoms with Crippen LogP contribution in [0.3, 0.4) is 0 Å². The molecule has 0 spiro atoms. The Labute approximate surface area is 123 Å². The van der Waals surface area contributed by atoms with Crippen LogP contribution in [0.15, 0.2) is 60.7 Å². The molecular weight excluding hydrogens is 265 g/mol. The second-order valence-electron chi connectivity index (χ2n) is 4.83. The van der Waals surface area contributed by atoms with Crippen molar-refractivity contribution in [2.24, 2.45) is 0 Å². The maximum absolute atomic E-state index is 12.9. The Bertz CT molecular complexity index is 753. The third-order valence-corrected chi connectivity index (χ3v) is 3.52. The first-order valence-corrected chi connectivity index (χ1v) is 6.82. The Kier molecular flexibility index (Phi) is 3.73. The van der Waals surface area contributed by atoms with E-state index in [0.717, 1.165) is 22.2 Å². The number of methoxy groups -OCH3 is 1. The van der Waals surface area contributed by atoms with E-state index in [9.17, 15) is 4.39 Å². The highest BCUT2D eigenvalue weighted by molar-refractivity contribution is 5.91. The van der Waals surface area contributed by atoms with Gasteiger partial charge in [-0.2, -0.15) is 0 Å². The van der Waals surface area contributed by atoms with Crippen LogP contribution >= 0.6 is 0 Å². The molecule has 0 aliphatic heterocycles. The molecule has 0 radical (unpaired) electrons. The maximum atomic E-state index is 12.9. The smallest absolute Gasteiger partial charge is 0.126 e. The second kappa shape index (κ2) is 5.83. The van der Waals surface area contributed by atoms with Gasteiger partial charge in [-0.05, 0) is 41.3 Å². The Morgan fingerprint density at radius 2 is 1.62 bits per heavy atom. The summed E-state index contributed by atoms with van der Waals surface area (Å²) in [5.41, 5.74) is 2.08. The van der Waals surface area contributed by atoms with Gasteiger partial charge in [0.15, 0.2) is 0 Å². The van der Waals surface area contributed by atoms with Crippen LogP contribution in [0.5, 0.6) is 5.75 Å². The summed E-state index contributed by atoms with van der Waals surface area (Å²) < 4.78 is 18.3. The molecule has 0 aliphatic rings. The van der Waals surface area contributed by atoms with Crippen molar-refractivity contribution >= 4 is 16.5 Å². The fourth-order valence-corrected chi connectivity index (χ4v) is 2.43. The number of benzene rings is 3. The van der Waals surface area contributed by atoms with Crippen molar-refractivity contribution in [2.75, 3.05) is 12.4 Å². The average Bonchev–Trinajstić information content (AvgIpc) is 2.54. The van der Waals surface area contributed by atoms with Gasteiger partial charge in [-0.25, -0.2) is 4.39 Å². The molecule has 0 unspecified atom stereocenters. The van der Waals surface area contributed by atoms with Gasteiger partial charge in [0.05, 0.1) is 7.11 Å². The van der Waals surface area contributed by atoms with Crippen molar-refractivity contribution in [1.29, 1.82) is 0 Å². The van der Waals surface area contributed by atoms with Crippen molar-refractivity contribution in [3.8, 4) is 5.75 Å². The molecule has 1 N–H and O–H groups in total. The van der Waals surface area contributed by atoms with Gasteiger partial charge >= 0.3 is 0 Å². The van der Waals surface area contributed by atoms with Gasteiger partial charge in [-0.1, -0.05) is 30.3 Å². The summed E-state index contributed by atoms with van der Waals surface area (Å²) in [6.07, 6.45) is 0. The molecule has 0 fully saturated rings. The summed E-state index contributed by atoms with van der Waals surface area (Å²) in [6.45, 7) is 0.677. The van der Waals surface area contributed by atoms with E-state index in [1.54, 1.807) is 19.2 Å². The number of hydrogen-bond donors (Lipinski definition) is 1. The summed E-state index contributed by atoms with van der Waals surface area (Å²) in [5.74, 6) is 0.645. The molecule has 106 valence electrons. The average molecular weight is 281 g/mol. The minimum atomic E-state index is -0.226. The summed E-state index contributed by atoms with van der Waals surface area (Å²) >= 11 is 0. The van der Waals surface area contributed by atoms with E-state index in [-0.39, 0.29) is 5.82 Å². The van der Waals surface area contributed by atoms with Gasteiger partial charge in [-0.15, -0.1) is 0 Å². The lowest BCUT2D eigenvalue weighted by molar-refractivity contribution is 0.419. The first-order valence-electron chi connectivity index (χ1n) is 6.82. The summed E-state index contributed by atoms with van der Waals surface area (Å²) in [7, 11) is 1.68. The molecule has 0 aliphatic carbocycles. The van der Waals surface area contributed by atoms with Gasteiger partial charge in [0.25, 0.3) is 0 Å². The number of hydrogen-bond acceptors (Lipinski definition) is 2. The molecule has 3 heteroatoms. The molecular formula is C18H16FNO.